The normalized spacial score (nSPS) is 13.8. The standard InChI is InChI=1S/C9H23N2.BrH/c1-6-7-10-9(2)8-11(3,4)5;/h9-10H,6-8H2,1-5H3;1H/q+1;/p-1. The molecule has 0 aromatic rings. The zero-order valence-electron chi connectivity index (χ0n) is 9.02. The molecular weight excluding hydrogens is 216 g/mol. The maximum Gasteiger partial charge on any atom is 0.0933 e. The van der Waals surface area contributed by atoms with Crippen molar-refractivity contribution in [2.24, 2.45) is 0 Å². The highest BCUT2D eigenvalue weighted by atomic mass is 79.9. The summed E-state index contributed by atoms with van der Waals surface area (Å²) >= 11 is 0. The van der Waals surface area contributed by atoms with Gasteiger partial charge in [-0.1, -0.05) is 6.92 Å². The number of halogens is 1. The molecule has 0 amide bonds. The average Bonchev–Trinajstić information content (AvgIpc) is 1.79. The molecule has 0 saturated heterocycles. The zero-order chi connectivity index (χ0) is 8.91. The molecule has 0 aliphatic heterocycles. The van der Waals surface area contributed by atoms with Crippen LogP contribution < -0.4 is 22.3 Å². The van der Waals surface area contributed by atoms with E-state index in [2.05, 4.69) is 40.3 Å². The highest BCUT2D eigenvalue weighted by Crippen LogP contribution is 1.93. The van der Waals surface area contributed by atoms with Crippen LogP contribution >= 0.6 is 0 Å². The first-order valence-corrected chi connectivity index (χ1v) is 4.49. The minimum absolute atomic E-state index is 0. The molecule has 0 aliphatic carbocycles. The quantitative estimate of drug-likeness (QED) is 0.552. The topological polar surface area (TPSA) is 12.0 Å². The number of likely N-dealkylation sites (N-methyl/N-ethyl adjacent to an activating group) is 1. The van der Waals surface area contributed by atoms with Crippen LogP contribution in [0.1, 0.15) is 20.3 Å². The Morgan fingerprint density at radius 2 is 1.75 bits per heavy atom. The third kappa shape index (κ3) is 10.4. The van der Waals surface area contributed by atoms with Gasteiger partial charge >= 0.3 is 0 Å². The van der Waals surface area contributed by atoms with Crippen molar-refractivity contribution in [1.82, 2.24) is 5.32 Å². The Kier molecular flexibility index (Phi) is 8.53. The monoisotopic (exact) mass is 238 g/mol. The minimum atomic E-state index is 0. The molecule has 1 unspecified atom stereocenters. The van der Waals surface area contributed by atoms with Crippen LogP contribution in [-0.2, 0) is 0 Å². The Balaban J connectivity index is 0. The highest BCUT2D eigenvalue weighted by molar-refractivity contribution is 4.57. The van der Waals surface area contributed by atoms with Gasteiger partial charge in [-0.15, -0.1) is 0 Å². The first kappa shape index (κ1) is 14.9. The number of nitrogens with zero attached hydrogens (tertiary/aromatic N) is 1. The van der Waals surface area contributed by atoms with Gasteiger partial charge in [0.1, 0.15) is 0 Å². The van der Waals surface area contributed by atoms with Gasteiger partial charge in [0.25, 0.3) is 0 Å². The van der Waals surface area contributed by atoms with Crippen molar-refractivity contribution < 1.29 is 21.5 Å². The van der Waals surface area contributed by atoms with Crippen molar-refractivity contribution in [3.63, 3.8) is 0 Å². The van der Waals surface area contributed by atoms with E-state index >= 15 is 0 Å². The number of rotatable bonds is 5. The van der Waals surface area contributed by atoms with Gasteiger partial charge in [0, 0.05) is 0 Å². The number of quaternary nitrogens is 1. The van der Waals surface area contributed by atoms with E-state index in [1.54, 1.807) is 0 Å². The molecule has 0 aromatic heterocycles. The van der Waals surface area contributed by atoms with Crippen LogP contribution in [0, 0.1) is 0 Å². The summed E-state index contributed by atoms with van der Waals surface area (Å²) in [5.74, 6) is 0. The van der Waals surface area contributed by atoms with Crippen LogP contribution in [0.2, 0.25) is 0 Å². The summed E-state index contributed by atoms with van der Waals surface area (Å²) in [7, 11) is 6.68. The zero-order valence-corrected chi connectivity index (χ0v) is 10.6. The van der Waals surface area contributed by atoms with Crippen molar-refractivity contribution in [2.75, 3.05) is 34.2 Å². The lowest BCUT2D eigenvalue weighted by Gasteiger charge is -2.27. The molecule has 12 heavy (non-hydrogen) atoms. The first-order chi connectivity index (χ1) is 4.95. The van der Waals surface area contributed by atoms with E-state index in [4.69, 9.17) is 0 Å². The van der Waals surface area contributed by atoms with Crippen LogP contribution in [0.3, 0.4) is 0 Å². The number of hydrogen-bond acceptors (Lipinski definition) is 1. The fourth-order valence-corrected chi connectivity index (χ4v) is 1.28. The molecule has 1 N–H and O–H groups in total. The Bertz CT molecular complexity index is 99.2. The van der Waals surface area contributed by atoms with Crippen molar-refractivity contribution in [2.45, 2.75) is 26.3 Å². The average molecular weight is 239 g/mol. The fourth-order valence-electron chi connectivity index (χ4n) is 1.28. The SMILES string of the molecule is CCCNC(C)C[N+](C)(C)C.[Br-]. The predicted molar refractivity (Wildman–Crippen MR) is 50.7 cm³/mol. The van der Waals surface area contributed by atoms with Crippen molar-refractivity contribution in [1.29, 1.82) is 0 Å². The molecule has 0 aromatic carbocycles. The number of hydrogen-bond donors (Lipinski definition) is 1. The molecule has 0 heterocycles. The lowest BCUT2D eigenvalue weighted by Crippen LogP contribution is -3.00. The summed E-state index contributed by atoms with van der Waals surface area (Å²) in [6.07, 6.45) is 1.22. The van der Waals surface area contributed by atoms with E-state index in [1.165, 1.54) is 13.0 Å². The molecule has 0 aliphatic rings. The maximum atomic E-state index is 3.47. The molecule has 0 fully saturated rings. The first-order valence-electron chi connectivity index (χ1n) is 4.49. The van der Waals surface area contributed by atoms with E-state index in [1.807, 2.05) is 0 Å². The Morgan fingerprint density at radius 1 is 1.25 bits per heavy atom. The van der Waals surface area contributed by atoms with Gasteiger partial charge in [0.05, 0.1) is 33.7 Å². The molecule has 0 saturated carbocycles. The summed E-state index contributed by atoms with van der Waals surface area (Å²) in [5, 5.41) is 3.47. The molecule has 0 rings (SSSR count). The van der Waals surface area contributed by atoms with Gasteiger partial charge in [-0.2, -0.15) is 0 Å². The van der Waals surface area contributed by atoms with E-state index in [0.717, 1.165) is 11.0 Å². The predicted octanol–water partition coefficient (Wildman–Crippen LogP) is -1.92. The van der Waals surface area contributed by atoms with Crippen LogP contribution in [0.4, 0.5) is 0 Å². The molecule has 0 radical (unpaired) electrons. The second-order valence-electron chi connectivity index (χ2n) is 4.33. The molecule has 2 nitrogen and oxygen atoms in total. The third-order valence-corrected chi connectivity index (χ3v) is 1.56. The Morgan fingerprint density at radius 3 is 2.08 bits per heavy atom. The van der Waals surface area contributed by atoms with Gasteiger partial charge in [-0.05, 0) is 19.9 Å². The van der Waals surface area contributed by atoms with Crippen molar-refractivity contribution in [3.05, 3.63) is 0 Å². The van der Waals surface area contributed by atoms with Crippen LogP contribution in [-0.4, -0.2) is 44.8 Å². The van der Waals surface area contributed by atoms with Gasteiger partial charge in [-0.25, -0.2) is 0 Å². The summed E-state index contributed by atoms with van der Waals surface area (Å²) < 4.78 is 1.04. The van der Waals surface area contributed by atoms with Crippen LogP contribution in [0.25, 0.3) is 0 Å². The summed E-state index contributed by atoms with van der Waals surface area (Å²) in [6, 6.07) is 0.634. The van der Waals surface area contributed by atoms with E-state index in [0.29, 0.717) is 6.04 Å². The van der Waals surface area contributed by atoms with E-state index in [-0.39, 0.29) is 17.0 Å². The molecule has 0 spiro atoms. The molecule has 1 atom stereocenters. The third-order valence-electron chi connectivity index (χ3n) is 1.56. The second-order valence-corrected chi connectivity index (χ2v) is 4.33. The Hall–Kier alpha value is 0.400. The van der Waals surface area contributed by atoms with Crippen molar-refractivity contribution in [3.8, 4) is 0 Å². The van der Waals surface area contributed by atoms with E-state index in [9.17, 15) is 0 Å². The number of nitrogens with one attached hydrogen (secondary N) is 1. The van der Waals surface area contributed by atoms with Gasteiger partial charge in [0.2, 0.25) is 0 Å². The van der Waals surface area contributed by atoms with Gasteiger partial charge in [0.15, 0.2) is 0 Å². The van der Waals surface area contributed by atoms with Crippen molar-refractivity contribution >= 4 is 0 Å². The fraction of sp³-hybridized carbons (Fsp3) is 1.00. The molecular formula is C9H23BrN2. The van der Waals surface area contributed by atoms with E-state index < -0.39 is 0 Å². The minimum Gasteiger partial charge on any atom is -1.00 e. The second kappa shape index (κ2) is 6.87. The molecule has 0 bridgehead atoms. The van der Waals surface area contributed by atoms with Gasteiger partial charge in [-0.3, -0.25) is 0 Å². The van der Waals surface area contributed by atoms with Crippen LogP contribution in [0.5, 0.6) is 0 Å². The summed E-state index contributed by atoms with van der Waals surface area (Å²) in [5.41, 5.74) is 0. The molecule has 3 heteroatoms. The smallest absolute Gasteiger partial charge is 0.0933 e. The summed E-state index contributed by atoms with van der Waals surface area (Å²) in [6.45, 7) is 6.78. The molecule has 76 valence electrons. The van der Waals surface area contributed by atoms with Gasteiger partial charge < -0.3 is 26.8 Å². The lowest BCUT2D eigenvalue weighted by atomic mass is 10.3. The van der Waals surface area contributed by atoms with Crippen LogP contribution in [0.15, 0.2) is 0 Å². The maximum absolute atomic E-state index is 3.47. The largest absolute Gasteiger partial charge is 1.00 e. The Labute approximate surface area is 87.7 Å². The highest BCUT2D eigenvalue weighted by Gasteiger charge is 2.11. The summed E-state index contributed by atoms with van der Waals surface area (Å²) in [4.78, 5) is 0. The lowest BCUT2D eigenvalue weighted by molar-refractivity contribution is -0.871.